The number of anilines is 2. The highest BCUT2D eigenvalue weighted by atomic mass is 16.5. The van der Waals surface area contributed by atoms with E-state index in [1.165, 1.54) is 14.2 Å². The topological polar surface area (TPSA) is 133 Å². The van der Waals surface area contributed by atoms with Crippen LogP contribution in [0.3, 0.4) is 0 Å². The van der Waals surface area contributed by atoms with Crippen molar-refractivity contribution in [2.75, 3.05) is 37.9 Å². The number of benzene rings is 3. The lowest BCUT2D eigenvalue weighted by Gasteiger charge is -2.32. The molecule has 0 spiro atoms. The van der Waals surface area contributed by atoms with Gasteiger partial charge in [0.15, 0.2) is 0 Å². The molecule has 1 aliphatic heterocycles. The van der Waals surface area contributed by atoms with Gasteiger partial charge in [0, 0.05) is 35.8 Å². The van der Waals surface area contributed by atoms with Gasteiger partial charge in [-0.15, -0.1) is 0 Å². The summed E-state index contributed by atoms with van der Waals surface area (Å²) in [5.41, 5.74) is 5.07. The minimum absolute atomic E-state index is 0.0522. The summed E-state index contributed by atoms with van der Waals surface area (Å²) in [6.45, 7) is 9.63. The first-order chi connectivity index (χ1) is 25.0. The van der Waals surface area contributed by atoms with Crippen molar-refractivity contribution in [2.24, 2.45) is 5.92 Å². The number of carbonyl (C=O) groups excluding carboxylic acids is 2. The Balaban J connectivity index is 1.04. The Hall–Kier alpha value is -5.91. The molecule has 2 N–H and O–H groups in total. The molecule has 6 rings (SSSR count). The number of nitrogens with one attached hydrogen (secondary N) is 2. The summed E-state index contributed by atoms with van der Waals surface area (Å²) in [5, 5.41) is 10.8. The lowest BCUT2D eigenvalue weighted by Crippen LogP contribution is -2.38. The van der Waals surface area contributed by atoms with Crippen molar-refractivity contribution in [2.45, 2.75) is 52.4 Å². The number of aryl methyl sites for hydroxylation is 1. The number of aromatic nitrogens is 4. The number of amides is 3. The molecular formula is C40H45N7O5. The second-order valence-electron chi connectivity index (χ2n) is 14.0. The van der Waals surface area contributed by atoms with Crippen LogP contribution in [-0.2, 0) is 11.8 Å². The summed E-state index contributed by atoms with van der Waals surface area (Å²) >= 11 is 0. The second-order valence-corrected chi connectivity index (χ2v) is 14.0. The molecule has 270 valence electrons. The van der Waals surface area contributed by atoms with E-state index in [1.54, 1.807) is 35.0 Å². The molecule has 0 atom stereocenters. The van der Waals surface area contributed by atoms with Gasteiger partial charge < -0.3 is 24.4 Å². The van der Waals surface area contributed by atoms with E-state index in [2.05, 4.69) is 47.4 Å². The summed E-state index contributed by atoms with van der Waals surface area (Å²) in [4.78, 5) is 37.0. The van der Waals surface area contributed by atoms with Crippen LogP contribution in [0.25, 0.3) is 5.69 Å². The quantitative estimate of drug-likeness (QED) is 0.151. The number of nitrogens with zero attached hydrogens (tertiary/aromatic N) is 5. The number of hydrogen-bond acceptors (Lipinski definition) is 8. The summed E-state index contributed by atoms with van der Waals surface area (Å²) in [7, 11) is 3.00. The van der Waals surface area contributed by atoms with Crippen LogP contribution >= 0.6 is 0 Å². The summed E-state index contributed by atoms with van der Waals surface area (Å²) < 4.78 is 18.0. The number of ether oxygens (including phenoxy) is 3. The number of methoxy groups -OCH3 is 2. The lowest BCUT2D eigenvalue weighted by atomic mass is 9.90. The van der Waals surface area contributed by atoms with Crippen molar-refractivity contribution in [3.05, 3.63) is 107 Å². The Bertz CT molecular complexity index is 2010. The number of rotatable bonds is 10. The minimum Gasteiger partial charge on any atom is -0.481 e. The highest BCUT2D eigenvalue weighted by Gasteiger charge is 2.25. The molecule has 0 bridgehead atoms. The van der Waals surface area contributed by atoms with E-state index in [1.807, 2.05) is 60.4 Å². The van der Waals surface area contributed by atoms with Crippen molar-refractivity contribution in [1.29, 1.82) is 0 Å². The van der Waals surface area contributed by atoms with E-state index < -0.39 is 0 Å². The zero-order valence-electron chi connectivity index (χ0n) is 30.5. The molecule has 52 heavy (non-hydrogen) atoms. The molecule has 3 amide bonds. The molecule has 12 heteroatoms. The zero-order chi connectivity index (χ0) is 36.8. The molecule has 0 aliphatic carbocycles. The lowest BCUT2D eigenvalue weighted by molar-refractivity contribution is 0.0690. The van der Waals surface area contributed by atoms with Gasteiger partial charge in [-0.2, -0.15) is 15.1 Å². The molecule has 3 aromatic carbocycles. The van der Waals surface area contributed by atoms with Crippen molar-refractivity contribution in [3.8, 4) is 29.2 Å². The third-order valence-electron chi connectivity index (χ3n) is 8.98. The third-order valence-corrected chi connectivity index (χ3v) is 8.98. The molecule has 5 aromatic rings. The van der Waals surface area contributed by atoms with Crippen LogP contribution in [0.5, 0.6) is 23.5 Å². The SMILES string of the molecule is COc1cc(OC)nc(Oc2cccc(C(=O)N3CCC(Cc4cccc(NC(=O)Nc5cc(C(C)(C)C)nn5-c5ccc(C)cc5)c4)CC3)c2)n1. The second kappa shape index (κ2) is 15.5. The van der Waals surface area contributed by atoms with Crippen LogP contribution in [0.1, 0.15) is 60.8 Å². The van der Waals surface area contributed by atoms with E-state index >= 15 is 0 Å². The van der Waals surface area contributed by atoms with Gasteiger partial charge in [-0.25, -0.2) is 9.48 Å². The van der Waals surface area contributed by atoms with Crippen molar-refractivity contribution >= 4 is 23.4 Å². The van der Waals surface area contributed by atoms with E-state index in [-0.39, 0.29) is 23.4 Å². The van der Waals surface area contributed by atoms with E-state index in [4.69, 9.17) is 19.3 Å². The third kappa shape index (κ3) is 8.87. The average Bonchev–Trinajstić information content (AvgIpc) is 3.56. The minimum atomic E-state index is -0.345. The molecule has 0 saturated carbocycles. The van der Waals surface area contributed by atoms with Gasteiger partial charge in [0.1, 0.15) is 11.6 Å². The molecule has 12 nitrogen and oxygen atoms in total. The number of carbonyl (C=O) groups is 2. The van der Waals surface area contributed by atoms with Gasteiger partial charge in [-0.3, -0.25) is 10.1 Å². The number of piperidine rings is 1. The fourth-order valence-electron chi connectivity index (χ4n) is 6.07. The Labute approximate surface area is 304 Å². The Morgan fingerprint density at radius 1 is 0.846 bits per heavy atom. The summed E-state index contributed by atoms with van der Waals surface area (Å²) in [6.07, 6.45) is 2.59. The first-order valence-corrected chi connectivity index (χ1v) is 17.4. The molecule has 0 radical (unpaired) electrons. The first-order valence-electron chi connectivity index (χ1n) is 17.4. The zero-order valence-corrected chi connectivity index (χ0v) is 30.5. The Morgan fingerprint density at radius 2 is 1.54 bits per heavy atom. The van der Waals surface area contributed by atoms with E-state index in [0.717, 1.165) is 41.8 Å². The number of likely N-dealkylation sites (tertiary alicyclic amines) is 1. The molecule has 2 aromatic heterocycles. The standard InChI is InChI=1S/C40H45N7O5/c1-26-13-15-31(16-14-26)47-34(24-33(45-47)40(2,3)4)42-38(49)41-30-11-7-9-28(22-30)21-27-17-19-46(20-18-27)37(48)29-10-8-12-32(23-29)52-39-43-35(50-5)25-36(44-39)51-6/h7-16,22-25,27H,17-21H2,1-6H3,(H2,41,42,49). The fourth-order valence-corrected chi connectivity index (χ4v) is 6.07. The Kier molecular flexibility index (Phi) is 10.7. The van der Waals surface area contributed by atoms with E-state index in [0.29, 0.717) is 53.6 Å². The first kappa shape index (κ1) is 35.9. The van der Waals surface area contributed by atoms with Gasteiger partial charge in [0.2, 0.25) is 11.8 Å². The van der Waals surface area contributed by atoms with Gasteiger partial charge in [0.25, 0.3) is 5.91 Å². The van der Waals surface area contributed by atoms with Crippen LogP contribution in [-0.4, -0.2) is 63.9 Å². The smallest absolute Gasteiger partial charge is 0.328 e. The monoisotopic (exact) mass is 703 g/mol. The van der Waals surface area contributed by atoms with Gasteiger partial charge in [-0.05, 0) is 80.1 Å². The normalized spacial score (nSPS) is 13.4. The molecule has 1 fully saturated rings. The van der Waals surface area contributed by atoms with Gasteiger partial charge in [0.05, 0.1) is 31.7 Å². The number of hydrogen-bond donors (Lipinski definition) is 2. The van der Waals surface area contributed by atoms with Crippen LogP contribution in [0.4, 0.5) is 16.3 Å². The summed E-state index contributed by atoms with van der Waals surface area (Å²) in [5.74, 6) is 1.99. The fraction of sp³-hybridized carbons (Fsp3) is 0.325. The van der Waals surface area contributed by atoms with Crippen LogP contribution in [0.2, 0.25) is 0 Å². The Morgan fingerprint density at radius 3 is 2.21 bits per heavy atom. The average molecular weight is 704 g/mol. The van der Waals surface area contributed by atoms with E-state index in [9.17, 15) is 9.59 Å². The van der Waals surface area contributed by atoms with Crippen LogP contribution < -0.4 is 24.8 Å². The van der Waals surface area contributed by atoms with Crippen LogP contribution in [0, 0.1) is 12.8 Å². The maximum atomic E-state index is 13.5. The van der Waals surface area contributed by atoms with Crippen molar-refractivity contribution in [3.63, 3.8) is 0 Å². The molecule has 0 unspecified atom stereocenters. The van der Waals surface area contributed by atoms with Gasteiger partial charge >= 0.3 is 12.0 Å². The van der Waals surface area contributed by atoms with Crippen molar-refractivity contribution < 1.29 is 23.8 Å². The maximum Gasteiger partial charge on any atom is 0.328 e. The maximum absolute atomic E-state index is 13.5. The highest BCUT2D eigenvalue weighted by molar-refractivity contribution is 5.99. The van der Waals surface area contributed by atoms with Crippen LogP contribution in [0.15, 0.2) is 84.9 Å². The predicted molar refractivity (Wildman–Crippen MR) is 200 cm³/mol. The molecule has 1 saturated heterocycles. The van der Waals surface area contributed by atoms with Crippen molar-refractivity contribution in [1.82, 2.24) is 24.6 Å². The predicted octanol–water partition coefficient (Wildman–Crippen LogP) is 7.82. The molecular weight excluding hydrogens is 658 g/mol. The number of urea groups is 1. The highest BCUT2D eigenvalue weighted by Crippen LogP contribution is 2.29. The molecule has 1 aliphatic rings. The largest absolute Gasteiger partial charge is 0.481 e. The summed E-state index contributed by atoms with van der Waals surface area (Å²) in [6, 6.07) is 26.2. The molecule has 3 heterocycles. The van der Waals surface area contributed by atoms with Gasteiger partial charge in [-0.1, -0.05) is 56.7 Å².